The van der Waals surface area contributed by atoms with E-state index >= 15 is 0 Å². The summed E-state index contributed by atoms with van der Waals surface area (Å²) in [6.07, 6.45) is 16.3. The molecule has 3 heteroatoms. The molecule has 2 unspecified atom stereocenters. The molecule has 3 rings (SSSR count). The topological polar surface area (TPSA) is 43.4 Å². The smallest absolute Gasteiger partial charge is 0.143 e. The number of unbranched alkanes of at least 4 members (excludes halogenated alkanes) is 5. The van der Waals surface area contributed by atoms with E-state index in [0.717, 1.165) is 63.7 Å². The summed E-state index contributed by atoms with van der Waals surface area (Å²) in [7, 11) is 0. The fourth-order valence-electron chi connectivity index (χ4n) is 5.82. The third-order valence-corrected chi connectivity index (χ3v) is 8.16. The lowest BCUT2D eigenvalue weighted by Gasteiger charge is -2.30. The Morgan fingerprint density at radius 1 is 0.848 bits per heavy atom. The van der Waals surface area contributed by atoms with Gasteiger partial charge in [0.2, 0.25) is 0 Å². The molecule has 0 aliphatic heterocycles. The fraction of sp³-hybridized carbons (Fsp3) is 0.733. The number of ketones is 2. The van der Waals surface area contributed by atoms with Crippen molar-refractivity contribution in [2.75, 3.05) is 6.61 Å². The van der Waals surface area contributed by atoms with E-state index in [4.69, 9.17) is 4.74 Å². The Hall–Kier alpha value is -1.64. The Bertz CT molecular complexity index is 715. The molecule has 0 N–H and O–H groups in total. The first-order valence-corrected chi connectivity index (χ1v) is 13.9. The van der Waals surface area contributed by atoms with Crippen molar-refractivity contribution in [3.8, 4) is 5.75 Å². The molecule has 2 saturated carbocycles. The highest BCUT2D eigenvalue weighted by Gasteiger charge is 2.34. The molecule has 2 fully saturated rings. The van der Waals surface area contributed by atoms with Gasteiger partial charge >= 0.3 is 0 Å². The summed E-state index contributed by atoms with van der Waals surface area (Å²) in [5, 5.41) is 0. The van der Waals surface area contributed by atoms with Crippen molar-refractivity contribution in [1.29, 1.82) is 0 Å². The lowest BCUT2D eigenvalue weighted by Crippen LogP contribution is -2.32. The predicted molar refractivity (Wildman–Crippen MR) is 136 cm³/mol. The van der Waals surface area contributed by atoms with Crippen molar-refractivity contribution in [3.05, 3.63) is 29.8 Å². The minimum atomic E-state index is -0.297. The first kappa shape index (κ1) is 26.0. The van der Waals surface area contributed by atoms with Crippen LogP contribution in [-0.2, 0) is 9.59 Å². The van der Waals surface area contributed by atoms with Crippen LogP contribution in [-0.4, -0.2) is 18.2 Å². The molecule has 33 heavy (non-hydrogen) atoms. The maximum atomic E-state index is 12.8. The number of carbonyl (C=O) groups excluding carboxylic acids is 2. The Balaban J connectivity index is 1.35. The third kappa shape index (κ3) is 8.26. The van der Waals surface area contributed by atoms with Crippen LogP contribution in [0.4, 0.5) is 0 Å². The zero-order chi connectivity index (χ0) is 23.5. The molecular formula is C30H46O3. The zero-order valence-electron chi connectivity index (χ0n) is 21.2. The van der Waals surface area contributed by atoms with Crippen LogP contribution in [0, 0.1) is 17.8 Å². The summed E-state index contributed by atoms with van der Waals surface area (Å²) in [4.78, 5) is 25.2. The Morgan fingerprint density at radius 2 is 1.52 bits per heavy atom. The second-order valence-corrected chi connectivity index (χ2v) is 10.6. The molecule has 0 radical (unpaired) electrons. The molecule has 0 saturated heterocycles. The molecule has 0 amide bonds. The molecule has 1 aromatic rings. The number of hydrogen-bond acceptors (Lipinski definition) is 3. The third-order valence-electron chi connectivity index (χ3n) is 8.16. The summed E-state index contributed by atoms with van der Waals surface area (Å²) >= 11 is 0. The molecule has 0 heterocycles. The molecule has 3 nitrogen and oxygen atoms in total. The summed E-state index contributed by atoms with van der Waals surface area (Å²) in [5.41, 5.74) is 1.40. The molecule has 0 spiro atoms. The highest BCUT2D eigenvalue weighted by Crippen LogP contribution is 2.39. The van der Waals surface area contributed by atoms with Crippen molar-refractivity contribution >= 4 is 11.6 Å². The van der Waals surface area contributed by atoms with Gasteiger partial charge in [0, 0.05) is 12.8 Å². The standard InChI is InChI=1S/C30H46O3/c1-3-5-6-7-8-9-20-33-27-17-15-26(16-18-27)25-13-10-24(11-14-25)22-30(32)28-19-12-23(4-2)21-29(28)31/h15-18,23-25,28H,3-14,19-22H2,1-2H3/t23?,24-,25-,28?. The van der Waals surface area contributed by atoms with Crippen molar-refractivity contribution in [2.24, 2.45) is 17.8 Å². The van der Waals surface area contributed by atoms with E-state index in [1.54, 1.807) is 0 Å². The normalized spacial score (nSPS) is 25.7. The van der Waals surface area contributed by atoms with E-state index in [0.29, 0.717) is 30.6 Å². The summed E-state index contributed by atoms with van der Waals surface area (Å²) in [6.45, 7) is 5.21. The van der Waals surface area contributed by atoms with Gasteiger partial charge in [0.1, 0.15) is 17.3 Å². The first-order valence-electron chi connectivity index (χ1n) is 13.9. The summed E-state index contributed by atoms with van der Waals surface area (Å²) in [6, 6.07) is 8.72. The monoisotopic (exact) mass is 454 g/mol. The molecule has 0 bridgehead atoms. The maximum Gasteiger partial charge on any atom is 0.143 e. The van der Waals surface area contributed by atoms with Crippen molar-refractivity contribution in [2.45, 2.75) is 116 Å². The quantitative estimate of drug-likeness (QED) is 0.224. The molecule has 2 aliphatic rings. The Kier molecular flexibility index (Phi) is 11.0. The number of benzene rings is 1. The SMILES string of the molecule is CCCCCCCCOc1ccc([C@H]2CC[C@H](CC(=O)C3CCC(CC)CC3=O)CC2)cc1. The van der Waals surface area contributed by atoms with E-state index < -0.39 is 0 Å². The highest BCUT2D eigenvalue weighted by molar-refractivity contribution is 6.02. The minimum absolute atomic E-state index is 0.214. The van der Waals surface area contributed by atoms with Gasteiger partial charge < -0.3 is 4.74 Å². The Labute approximate surface area is 202 Å². The molecule has 2 atom stereocenters. The van der Waals surface area contributed by atoms with Gasteiger partial charge in [-0.25, -0.2) is 0 Å². The van der Waals surface area contributed by atoms with Crippen LogP contribution in [0.25, 0.3) is 0 Å². The summed E-state index contributed by atoms with van der Waals surface area (Å²) < 4.78 is 5.93. The summed E-state index contributed by atoms with van der Waals surface area (Å²) in [5.74, 6) is 2.68. The van der Waals surface area contributed by atoms with E-state index in [-0.39, 0.29) is 17.5 Å². The lowest BCUT2D eigenvalue weighted by molar-refractivity contribution is -0.136. The highest BCUT2D eigenvalue weighted by atomic mass is 16.5. The molecule has 184 valence electrons. The number of ether oxygens (including phenoxy) is 1. The Morgan fingerprint density at radius 3 is 2.18 bits per heavy atom. The van der Waals surface area contributed by atoms with Crippen LogP contribution in [0.2, 0.25) is 0 Å². The molecule has 2 aliphatic carbocycles. The van der Waals surface area contributed by atoms with Crippen molar-refractivity contribution in [3.63, 3.8) is 0 Å². The predicted octanol–water partition coefficient (Wildman–Crippen LogP) is 8.05. The van der Waals surface area contributed by atoms with Crippen LogP contribution < -0.4 is 4.74 Å². The first-order chi connectivity index (χ1) is 16.1. The van der Waals surface area contributed by atoms with Gasteiger partial charge in [-0.05, 0) is 80.4 Å². The van der Waals surface area contributed by atoms with E-state index in [9.17, 15) is 9.59 Å². The lowest BCUT2D eigenvalue weighted by atomic mass is 9.73. The van der Waals surface area contributed by atoms with Crippen LogP contribution in [0.3, 0.4) is 0 Å². The van der Waals surface area contributed by atoms with Gasteiger partial charge in [-0.2, -0.15) is 0 Å². The van der Waals surface area contributed by atoms with Crippen molar-refractivity contribution in [1.82, 2.24) is 0 Å². The van der Waals surface area contributed by atoms with E-state index in [1.807, 2.05) is 0 Å². The average molecular weight is 455 g/mol. The zero-order valence-corrected chi connectivity index (χ0v) is 21.2. The minimum Gasteiger partial charge on any atom is -0.494 e. The van der Waals surface area contributed by atoms with E-state index in [2.05, 4.69) is 38.1 Å². The van der Waals surface area contributed by atoms with Gasteiger partial charge in [0.25, 0.3) is 0 Å². The van der Waals surface area contributed by atoms with Crippen LogP contribution in [0.1, 0.15) is 122 Å². The number of rotatable bonds is 13. The van der Waals surface area contributed by atoms with Gasteiger partial charge in [-0.15, -0.1) is 0 Å². The molecular weight excluding hydrogens is 408 g/mol. The average Bonchev–Trinajstić information content (AvgIpc) is 2.84. The van der Waals surface area contributed by atoms with Gasteiger partial charge in [-0.3, -0.25) is 9.59 Å². The van der Waals surface area contributed by atoms with Crippen LogP contribution in [0.5, 0.6) is 5.75 Å². The number of hydrogen-bond donors (Lipinski definition) is 0. The number of carbonyl (C=O) groups is 2. The number of Topliss-reactive ketones (excluding diaryl/α,β-unsaturated/α-hetero) is 2. The van der Waals surface area contributed by atoms with Gasteiger partial charge in [-0.1, -0.05) is 64.5 Å². The second-order valence-electron chi connectivity index (χ2n) is 10.6. The maximum absolute atomic E-state index is 12.8. The largest absolute Gasteiger partial charge is 0.494 e. The van der Waals surface area contributed by atoms with Crippen LogP contribution in [0.15, 0.2) is 24.3 Å². The van der Waals surface area contributed by atoms with Crippen LogP contribution >= 0.6 is 0 Å². The van der Waals surface area contributed by atoms with Gasteiger partial charge in [0.05, 0.1) is 12.5 Å². The second kappa shape index (κ2) is 13.9. The molecule has 1 aromatic carbocycles. The van der Waals surface area contributed by atoms with Crippen molar-refractivity contribution < 1.29 is 14.3 Å². The fourth-order valence-corrected chi connectivity index (χ4v) is 5.82. The van der Waals surface area contributed by atoms with Gasteiger partial charge in [0.15, 0.2) is 0 Å². The van der Waals surface area contributed by atoms with E-state index in [1.165, 1.54) is 37.7 Å². The molecule has 0 aromatic heterocycles.